The number of aliphatic hydroxyl groups excluding tert-OH is 1. The maximum absolute atomic E-state index is 8.90. The lowest BCUT2D eigenvalue weighted by molar-refractivity contribution is 0.253. The van der Waals surface area contributed by atoms with E-state index in [1.807, 2.05) is 0 Å². The van der Waals surface area contributed by atoms with Crippen LogP contribution in [0.4, 0.5) is 0 Å². The Bertz CT molecular complexity index is 238. The van der Waals surface area contributed by atoms with Gasteiger partial charge in [0.1, 0.15) is 0 Å². The molecular formula is C13H24N2O. The van der Waals surface area contributed by atoms with Crippen molar-refractivity contribution in [3.05, 3.63) is 12.2 Å². The Balaban J connectivity index is 1.59. The van der Waals surface area contributed by atoms with Gasteiger partial charge in [-0.1, -0.05) is 6.58 Å². The molecule has 3 nitrogen and oxygen atoms in total. The molecule has 2 N–H and O–H groups in total. The highest BCUT2D eigenvalue weighted by atomic mass is 16.3. The maximum atomic E-state index is 8.90. The molecule has 1 saturated heterocycles. The van der Waals surface area contributed by atoms with Crippen LogP contribution in [0, 0.1) is 5.92 Å². The van der Waals surface area contributed by atoms with Crippen LogP contribution in [0.3, 0.4) is 0 Å². The van der Waals surface area contributed by atoms with Gasteiger partial charge in [-0.15, -0.1) is 0 Å². The van der Waals surface area contributed by atoms with E-state index in [0.29, 0.717) is 12.5 Å². The van der Waals surface area contributed by atoms with E-state index >= 15 is 0 Å². The fraction of sp³-hybridized carbons (Fsp3) is 0.846. The summed E-state index contributed by atoms with van der Waals surface area (Å²) in [5, 5.41) is 12.4. The summed E-state index contributed by atoms with van der Waals surface area (Å²) in [5.74, 6) is 0.703. The van der Waals surface area contributed by atoms with Crippen LogP contribution in [0.5, 0.6) is 0 Å². The Morgan fingerprint density at radius 3 is 2.88 bits per heavy atom. The molecule has 16 heavy (non-hydrogen) atoms. The van der Waals surface area contributed by atoms with E-state index in [2.05, 4.69) is 16.8 Å². The number of hydrogen-bond donors (Lipinski definition) is 2. The van der Waals surface area contributed by atoms with Gasteiger partial charge >= 0.3 is 0 Å². The van der Waals surface area contributed by atoms with Gasteiger partial charge in [-0.05, 0) is 43.7 Å². The quantitative estimate of drug-likeness (QED) is 0.633. The predicted molar refractivity (Wildman–Crippen MR) is 66.4 cm³/mol. The van der Waals surface area contributed by atoms with Gasteiger partial charge in [-0.2, -0.15) is 0 Å². The second-order valence-corrected chi connectivity index (χ2v) is 5.31. The van der Waals surface area contributed by atoms with Gasteiger partial charge < -0.3 is 10.4 Å². The summed E-state index contributed by atoms with van der Waals surface area (Å²) < 4.78 is 0. The predicted octanol–water partition coefficient (Wildman–Crippen LogP) is 0.999. The first-order valence-electron chi connectivity index (χ1n) is 6.51. The molecule has 1 heterocycles. The summed E-state index contributed by atoms with van der Waals surface area (Å²) in [7, 11) is 0. The summed E-state index contributed by atoms with van der Waals surface area (Å²) >= 11 is 0. The average molecular weight is 224 g/mol. The molecule has 0 aromatic heterocycles. The van der Waals surface area contributed by atoms with E-state index in [9.17, 15) is 0 Å². The van der Waals surface area contributed by atoms with Gasteiger partial charge in [0.15, 0.2) is 0 Å². The second kappa shape index (κ2) is 5.80. The largest absolute Gasteiger partial charge is 0.396 e. The Morgan fingerprint density at radius 1 is 1.38 bits per heavy atom. The third kappa shape index (κ3) is 3.89. The highest BCUT2D eigenvalue weighted by molar-refractivity contribution is 5.02. The molecule has 2 fully saturated rings. The monoisotopic (exact) mass is 224 g/mol. The smallest absolute Gasteiger partial charge is 0.0434 e. The molecule has 2 rings (SSSR count). The van der Waals surface area contributed by atoms with Crippen molar-refractivity contribution in [2.45, 2.75) is 31.7 Å². The van der Waals surface area contributed by atoms with Crippen LogP contribution < -0.4 is 5.32 Å². The van der Waals surface area contributed by atoms with Crippen molar-refractivity contribution in [2.75, 3.05) is 32.8 Å². The van der Waals surface area contributed by atoms with Crippen molar-refractivity contribution in [1.29, 1.82) is 0 Å². The molecule has 1 atom stereocenters. The van der Waals surface area contributed by atoms with Crippen molar-refractivity contribution < 1.29 is 5.11 Å². The summed E-state index contributed by atoms with van der Waals surface area (Å²) in [4.78, 5) is 2.47. The zero-order chi connectivity index (χ0) is 11.4. The molecule has 92 valence electrons. The minimum absolute atomic E-state index is 0.336. The van der Waals surface area contributed by atoms with Crippen molar-refractivity contribution >= 4 is 0 Å². The normalized spacial score (nSPS) is 26.2. The highest BCUT2D eigenvalue weighted by Crippen LogP contribution is 2.21. The van der Waals surface area contributed by atoms with Crippen molar-refractivity contribution in [3.8, 4) is 0 Å². The van der Waals surface area contributed by atoms with Gasteiger partial charge in [0, 0.05) is 32.3 Å². The molecule has 0 spiro atoms. The van der Waals surface area contributed by atoms with Crippen LogP contribution in [0.15, 0.2) is 12.2 Å². The Hall–Kier alpha value is -0.380. The Labute approximate surface area is 98.5 Å². The van der Waals surface area contributed by atoms with Crippen molar-refractivity contribution in [2.24, 2.45) is 5.92 Å². The molecule has 1 aliphatic heterocycles. The first-order valence-corrected chi connectivity index (χ1v) is 6.51. The Morgan fingerprint density at radius 2 is 2.19 bits per heavy atom. The molecule has 0 amide bonds. The highest BCUT2D eigenvalue weighted by Gasteiger charge is 2.23. The summed E-state index contributed by atoms with van der Waals surface area (Å²) in [6, 6.07) is 0.775. The van der Waals surface area contributed by atoms with E-state index in [4.69, 9.17) is 5.11 Å². The minimum atomic E-state index is 0.336. The summed E-state index contributed by atoms with van der Waals surface area (Å²) in [6.45, 7) is 8.79. The number of rotatable bonds is 7. The van der Waals surface area contributed by atoms with Crippen LogP contribution in [0.2, 0.25) is 0 Å². The van der Waals surface area contributed by atoms with E-state index < -0.39 is 0 Å². The molecule has 2 aliphatic rings. The van der Waals surface area contributed by atoms with Gasteiger partial charge in [0.05, 0.1) is 0 Å². The number of likely N-dealkylation sites (tertiary alicyclic amines) is 1. The van der Waals surface area contributed by atoms with E-state index in [-0.39, 0.29) is 0 Å². The van der Waals surface area contributed by atoms with Gasteiger partial charge in [-0.25, -0.2) is 0 Å². The van der Waals surface area contributed by atoms with E-state index in [0.717, 1.165) is 32.1 Å². The molecule has 1 saturated carbocycles. The average Bonchev–Trinajstić information content (AvgIpc) is 2.99. The van der Waals surface area contributed by atoms with Crippen LogP contribution in [0.1, 0.15) is 25.7 Å². The van der Waals surface area contributed by atoms with E-state index in [1.165, 1.54) is 31.4 Å². The van der Waals surface area contributed by atoms with Gasteiger partial charge in [-0.3, -0.25) is 4.90 Å². The first-order chi connectivity index (χ1) is 7.78. The molecule has 1 unspecified atom stereocenters. The molecule has 0 aromatic carbocycles. The lowest BCUT2D eigenvalue weighted by atomic mass is 10.1. The zero-order valence-electron chi connectivity index (χ0n) is 10.1. The van der Waals surface area contributed by atoms with Crippen LogP contribution >= 0.6 is 0 Å². The summed E-state index contributed by atoms with van der Waals surface area (Å²) in [5.41, 5.74) is 1.30. The molecule has 0 aromatic rings. The lowest BCUT2D eigenvalue weighted by Gasteiger charge is -2.17. The van der Waals surface area contributed by atoms with Crippen LogP contribution in [0.25, 0.3) is 0 Å². The second-order valence-electron chi connectivity index (χ2n) is 5.31. The lowest BCUT2D eigenvalue weighted by Crippen LogP contribution is -2.28. The molecule has 0 radical (unpaired) electrons. The topological polar surface area (TPSA) is 35.5 Å². The fourth-order valence-electron chi connectivity index (χ4n) is 2.42. The fourth-order valence-corrected chi connectivity index (χ4v) is 2.42. The molecular weight excluding hydrogens is 200 g/mol. The number of hydrogen-bond acceptors (Lipinski definition) is 3. The van der Waals surface area contributed by atoms with Crippen LogP contribution in [-0.2, 0) is 0 Å². The Kier molecular flexibility index (Phi) is 4.38. The minimum Gasteiger partial charge on any atom is -0.396 e. The van der Waals surface area contributed by atoms with Crippen LogP contribution in [-0.4, -0.2) is 48.8 Å². The van der Waals surface area contributed by atoms with Gasteiger partial charge in [0.25, 0.3) is 0 Å². The zero-order valence-corrected chi connectivity index (χ0v) is 10.1. The van der Waals surface area contributed by atoms with Crippen molar-refractivity contribution in [3.63, 3.8) is 0 Å². The SMILES string of the molecule is C=C(CNC1CC1)CN1CCC(CCO)C1. The summed E-state index contributed by atoms with van der Waals surface area (Å²) in [6.07, 6.45) is 4.89. The van der Waals surface area contributed by atoms with Gasteiger partial charge in [0.2, 0.25) is 0 Å². The molecule has 1 aliphatic carbocycles. The molecule has 0 bridgehead atoms. The number of nitrogens with zero attached hydrogens (tertiary/aromatic N) is 1. The third-order valence-electron chi connectivity index (χ3n) is 3.57. The van der Waals surface area contributed by atoms with E-state index in [1.54, 1.807) is 0 Å². The first kappa shape index (κ1) is 12.1. The number of aliphatic hydroxyl groups is 1. The third-order valence-corrected chi connectivity index (χ3v) is 3.57. The standard InChI is InChI=1S/C13H24N2O/c1-11(8-14-13-2-3-13)9-15-6-4-12(10-15)5-7-16/h12-14,16H,1-10H2. The maximum Gasteiger partial charge on any atom is 0.0434 e. The van der Waals surface area contributed by atoms with Crippen molar-refractivity contribution in [1.82, 2.24) is 10.2 Å². The number of nitrogens with one attached hydrogen (secondary N) is 1. The molecule has 3 heteroatoms.